The van der Waals surface area contributed by atoms with E-state index >= 15 is 0 Å². The van der Waals surface area contributed by atoms with Crippen LogP contribution in [0.5, 0.6) is 0 Å². The molecule has 1 N–H and O–H groups in total. The Morgan fingerprint density at radius 3 is 2.79 bits per heavy atom. The molecule has 1 aliphatic rings. The lowest BCUT2D eigenvalue weighted by molar-refractivity contribution is -0.138. The molecule has 7 nitrogen and oxygen atoms in total. The Bertz CT molecular complexity index is 2030. The Morgan fingerprint density at radius 2 is 2.03 bits per heavy atom. The molecule has 0 unspecified atom stereocenters. The number of rotatable bonds is 4. The van der Waals surface area contributed by atoms with Gasteiger partial charge in [-0.15, -0.1) is 0 Å². The molecule has 0 bridgehead atoms. The molecule has 2 aromatic heterocycles. The summed E-state index contributed by atoms with van der Waals surface area (Å²) in [5.74, 6) is 4.48. The van der Waals surface area contributed by atoms with Gasteiger partial charge in [0.25, 0.3) is 5.91 Å². The van der Waals surface area contributed by atoms with Gasteiger partial charge in [0, 0.05) is 72.0 Å². The molecule has 1 fully saturated rings. The average molecular weight is 545 g/mol. The number of carbonyl (C=O) groups excluding carboxylic acids is 1. The number of carbonyl (C=O) groups is 1. The molecule has 4 aromatic rings. The normalized spacial score (nSPS) is 22.8. The molecule has 0 aliphatic carbocycles. The van der Waals surface area contributed by atoms with Crippen molar-refractivity contribution in [1.29, 1.82) is 0 Å². The SMILES string of the molecule is [2H]C([2H])([2H])c1ccc(C(=O)Nc2ccc(C([2H])([2H])N3C([2H])([2H])CN(C([2H])([2H])[2H])CC3([2H])[2H])c(C(F)(F)F)c2)cc1C#Cc1cnc2cccnn12. The van der Waals surface area contributed by atoms with Crippen LogP contribution >= 0.6 is 0 Å². The topological polar surface area (TPSA) is 65.8 Å². The van der Waals surface area contributed by atoms with Crippen molar-refractivity contribution < 1.29 is 34.4 Å². The van der Waals surface area contributed by atoms with Gasteiger partial charge in [0.05, 0.1) is 11.8 Å². The third-order valence-corrected chi connectivity index (χ3v) is 5.54. The van der Waals surface area contributed by atoms with Crippen LogP contribution in [0.4, 0.5) is 18.9 Å². The number of amides is 1. The van der Waals surface area contributed by atoms with Crippen molar-refractivity contribution in [2.75, 3.05) is 38.4 Å². The summed E-state index contributed by atoms with van der Waals surface area (Å²) < 4.78 is 142. The fourth-order valence-electron chi connectivity index (χ4n) is 3.62. The summed E-state index contributed by atoms with van der Waals surface area (Å²) in [6.07, 6.45) is -2.40. The van der Waals surface area contributed by atoms with Crippen LogP contribution in [0, 0.1) is 18.7 Å². The maximum atomic E-state index is 14.5. The molecule has 2 aromatic carbocycles. The summed E-state index contributed by atoms with van der Waals surface area (Å²) in [7, 11) is 0. The van der Waals surface area contributed by atoms with Gasteiger partial charge >= 0.3 is 6.18 Å². The number of aryl methyl sites for hydroxylation is 1. The van der Waals surface area contributed by atoms with Crippen molar-refractivity contribution in [2.24, 2.45) is 0 Å². The smallest absolute Gasteiger partial charge is 0.322 e. The lowest BCUT2D eigenvalue weighted by Crippen LogP contribution is -2.44. The first-order chi connectivity index (χ1) is 23.3. The second kappa shape index (κ2) is 10.9. The van der Waals surface area contributed by atoms with Crippen LogP contribution in [0.1, 0.15) is 54.8 Å². The van der Waals surface area contributed by atoms with Gasteiger partial charge in [-0.05, 0) is 67.3 Å². The summed E-state index contributed by atoms with van der Waals surface area (Å²) in [5.41, 5.74) is -3.05. The zero-order chi connectivity index (χ0) is 37.9. The van der Waals surface area contributed by atoms with E-state index < -0.39 is 75.3 Å². The molecule has 39 heavy (non-hydrogen) atoms. The molecule has 3 heterocycles. The van der Waals surface area contributed by atoms with Gasteiger partial charge in [-0.1, -0.05) is 18.1 Å². The first-order valence-electron chi connectivity index (χ1n) is 17.4. The number of nitrogens with zero attached hydrogens (tertiary/aromatic N) is 5. The van der Waals surface area contributed by atoms with Crippen molar-refractivity contribution >= 4 is 17.2 Å². The Hall–Kier alpha value is -4.20. The second-order valence-electron chi connectivity index (χ2n) is 8.28. The second-order valence-corrected chi connectivity index (χ2v) is 8.28. The summed E-state index contributed by atoms with van der Waals surface area (Å²) in [6.45, 7) is -17.4. The summed E-state index contributed by atoms with van der Waals surface area (Å²) in [4.78, 5) is 17.8. The summed E-state index contributed by atoms with van der Waals surface area (Å²) >= 11 is 0. The molecular weight excluding hydrogens is 505 g/mol. The van der Waals surface area contributed by atoms with Gasteiger partial charge in [-0.2, -0.15) is 18.3 Å². The number of imidazole rings is 1. The monoisotopic (exact) mass is 544 g/mol. The quantitative estimate of drug-likeness (QED) is 0.385. The number of halogens is 3. The number of nitrogens with one attached hydrogen (secondary N) is 1. The van der Waals surface area contributed by atoms with Gasteiger partial charge in [0.15, 0.2) is 5.65 Å². The van der Waals surface area contributed by atoms with Crippen LogP contribution in [-0.4, -0.2) is 63.4 Å². The molecule has 0 spiro atoms. The lowest BCUT2D eigenvalue weighted by Gasteiger charge is -2.33. The lowest BCUT2D eigenvalue weighted by atomic mass is 10.0. The minimum Gasteiger partial charge on any atom is -0.322 e. The first kappa shape index (κ1) is 15.4. The third kappa shape index (κ3) is 6.11. The number of likely N-dealkylation sites (N-methyl/N-ethyl adjacent to an activating group) is 1. The zero-order valence-electron chi connectivity index (χ0n) is 32.0. The highest BCUT2D eigenvalue weighted by atomic mass is 19.4. The van der Waals surface area contributed by atoms with Gasteiger partial charge < -0.3 is 10.2 Å². The van der Waals surface area contributed by atoms with E-state index in [-0.39, 0.29) is 21.6 Å². The first-order valence-corrected chi connectivity index (χ1v) is 11.4. The molecule has 5 rings (SSSR count). The molecule has 200 valence electrons. The van der Waals surface area contributed by atoms with Gasteiger partial charge in [0.1, 0.15) is 5.69 Å². The van der Waals surface area contributed by atoms with Crippen molar-refractivity contribution in [3.8, 4) is 11.8 Å². The van der Waals surface area contributed by atoms with Gasteiger partial charge in [-0.3, -0.25) is 9.69 Å². The van der Waals surface area contributed by atoms with E-state index in [1.165, 1.54) is 16.9 Å². The molecule has 10 heteroatoms. The van der Waals surface area contributed by atoms with Crippen LogP contribution in [-0.2, 0) is 12.7 Å². The van der Waals surface area contributed by atoms with Crippen LogP contribution in [0.2, 0.25) is 0 Å². The van der Waals surface area contributed by atoms with E-state index in [1.807, 2.05) is 0 Å². The molecule has 1 aliphatic heterocycles. The summed E-state index contributed by atoms with van der Waals surface area (Å²) in [6, 6.07) is 8.65. The Balaban J connectivity index is 1.49. The number of anilines is 1. The van der Waals surface area contributed by atoms with Crippen molar-refractivity contribution in [3.05, 3.63) is 94.4 Å². The highest BCUT2D eigenvalue weighted by Crippen LogP contribution is 2.34. The largest absolute Gasteiger partial charge is 0.416 e. The Morgan fingerprint density at radius 1 is 1.18 bits per heavy atom. The van der Waals surface area contributed by atoms with Crippen LogP contribution in [0.3, 0.4) is 0 Å². The number of hydrogen-bond donors (Lipinski definition) is 1. The number of benzene rings is 2. The van der Waals surface area contributed by atoms with E-state index in [0.29, 0.717) is 28.4 Å². The molecule has 1 saturated heterocycles. The highest BCUT2D eigenvalue weighted by molar-refractivity contribution is 6.04. The zero-order valence-corrected chi connectivity index (χ0v) is 20.0. The van der Waals surface area contributed by atoms with Gasteiger partial charge in [-0.25, -0.2) is 9.50 Å². The fourth-order valence-corrected chi connectivity index (χ4v) is 3.62. The third-order valence-electron chi connectivity index (χ3n) is 5.54. The average Bonchev–Trinajstić information content (AvgIpc) is 3.40. The van der Waals surface area contributed by atoms with Crippen molar-refractivity contribution in [2.45, 2.75) is 19.5 Å². The van der Waals surface area contributed by atoms with Crippen LogP contribution < -0.4 is 5.32 Å². The fraction of sp³-hybridized carbons (Fsp3) is 0.276. The maximum absolute atomic E-state index is 14.5. The summed E-state index contributed by atoms with van der Waals surface area (Å²) in [5, 5.41) is 6.38. The highest BCUT2D eigenvalue weighted by Gasteiger charge is 2.34. The molecule has 1 amide bonds. The van der Waals surface area contributed by atoms with E-state index in [1.54, 1.807) is 12.1 Å². The Kier molecular flexibility index (Phi) is 4.30. The number of hydrogen-bond acceptors (Lipinski definition) is 5. The molecular formula is C29H27F3N6O. The Labute approximate surface area is 241 Å². The van der Waals surface area contributed by atoms with E-state index in [4.69, 9.17) is 16.4 Å². The predicted molar refractivity (Wildman–Crippen MR) is 142 cm³/mol. The standard InChI is InChI=1S/C29H27F3N6O/c1-20-5-6-22(16-21(20)8-10-25-18-33-27-4-3-11-34-38(25)27)28(39)35-24-9-7-23(26(17-24)29(30,31)32)19-37-14-12-36(2)13-15-37/h3-7,9,11,16-18H,12-15,19H2,1-2H3,(H,35,39)/i1D3,2D3,14D2,15D2,19D2. The number of alkyl halides is 3. The molecule has 0 radical (unpaired) electrons. The minimum atomic E-state index is -5.29. The number of piperazine rings is 1. The number of aromatic nitrogens is 3. The van der Waals surface area contributed by atoms with Crippen LogP contribution in [0.25, 0.3) is 5.65 Å². The van der Waals surface area contributed by atoms with Crippen molar-refractivity contribution in [3.63, 3.8) is 0 Å². The van der Waals surface area contributed by atoms with Crippen LogP contribution in [0.15, 0.2) is 60.9 Å². The van der Waals surface area contributed by atoms with E-state index in [9.17, 15) is 18.0 Å². The predicted octanol–water partition coefficient (Wildman–Crippen LogP) is 4.46. The van der Waals surface area contributed by atoms with Gasteiger partial charge in [0.2, 0.25) is 0 Å². The maximum Gasteiger partial charge on any atom is 0.416 e. The van der Waals surface area contributed by atoms with Crippen molar-refractivity contribution in [1.82, 2.24) is 24.4 Å². The molecule has 0 atom stereocenters. The minimum absolute atomic E-state index is 0.0595. The van der Waals surface area contributed by atoms with E-state index in [2.05, 4.69) is 27.2 Å². The molecule has 0 saturated carbocycles. The number of fused-ring (bicyclic) bond motifs is 1. The van der Waals surface area contributed by atoms with E-state index in [0.717, 1.165) is 24.3 Å².